The quantitative estimate of drug-likeness (QED) is 0.485. The minimum atomic E-state index is -0.746. The number of carbonyl (C=O) groups excluding carboxylic acids is 2. The van der Waals surface area contributed by atoms with Crippen molar-refractivity contribution in [2.45, 2.75) is 46.2 Å². The van der Waals surface area contributed by atoms with Gasteiger partial charge in [-0.2, -0.15) is 0 Å². The van der Waals surface area contributed by atoms with Crippen LogP contribution in [0.5, 0.6) is 5.75 Å². The number of halogens is 2. The smallest absolute Gasteiger partial charge is 0.274 e. The number of hydrogen-bond donors (Lipinski definition) is 2. The molecule has 2 amide bonds. The lowest BCUT2D eigenvalue weighted by Gasteiger charge is -2.38. The minimum Gasteiger partial charge on any atom is -0.503 e. The normalized spacial score (nSPS) is 15.4. The van der Waals surface area contributed by atoms with E-state index in [9.17, 15) is 28.3 Å². The molecule has 1 unspecified atom stereocenters. The van der Waals surface area contributed by atoms with Gasteiger partial charge in [0.2, 0.25) is 11.3 Å². The fourth-order valence-electron chi connectivity index (χ4n) is 4.20. The summed E-state index contributed by atoms with van der Waals surface area (Å²) in [6.07, 6.45) is 3.13. The van der Waals surface area contributed by atoms with Crippen LogP contribution in [-0.4, -0.2) is 50.5 Å². The number of aromatic nitrogens is 2. The van der Waals surface area contributed by atoms with Gasteiger partial charge in [-0.1, -0.05) is 19.9 Å². The van der Waals surface area contributed by atoms with Crippen molar-refractivity contribution in [3.8, 4) is 16.3 Å². The first-order chi connectivity index (χ1) is 17.5. The van der Waals surface area contributed by atoms with Gasteiger partial charge < -0.3 is 19.9 Å². The van der Waals surface area contributed by atoms with Gasteiger partial charge in [0.05, 0.1) is 11.6 Å². The molecule has 2 aromatic heterocycles. The topological polar surface area (TPSA) is 105 Å². The highest BCUT2D eigenvalue weighted by Crippen LogP contribution is 2.32. The second-order valence-corrected chi connectivity index (χ2v) is 10.7. The third-order valence-corrected chi connectivity index (χ3v) is 7.33. The van der Waals surface area contributed by atoms with Crippen LogP contribution in [0.15, 0.2) is 35.4 Å². The van der Waals surface area contributed by atoms with Gasteiger partial charge in [0, 0.05) is 54.8 Å². The summed E-state index contributed by atoms with van der Waals surface area (Å²) in [7, 11) is 0. The second-order valence-electron chi connectivity index (χ2n) is 9.63. The zero-order valence-electron chi connectivity index (χ0n) is 20.9. The summed E-state index contributed by atoms with van der Waals surface area (Å²) in [5.41, 5.74) is -0.517. The first-order valence-electron chi connectivity index (χ1n) is 11.9. The second kappa shape index (κ2) is 10.4. The molecule has 0 radical (unpaired) electrons. The zero-order chi connectivity index (χ0) is 27.0. The van der Waals surface area contributed by atoms with Crippen molar-refractivity contribution in [3.05, 3.63) is 68.6 Å². The molecule has 4 rings (SSSR count). The van der Waals surface area contributed by atoms with E-state index in [4.69, 9.17) is 0 Å². The zero-order valence-corrected chi connectivity index (χ0v) is 21.7. The van der Waals surface area contributed by atoms with Crippen LogP contribution in [0.4, 0.5) is 8.78 Å². The number of carbonyl (C=O) groups is 2. The first kappa shape index (κ1) is 26.5. The molecular weight excluding hydrogens is 502 g/mol. The van der Waals surface area contributed by atoms with Crippen LogP contribution in [-0.2, 0) is 11.2 Å². The van der Waals surface area contributed by atoms with Gasteiger partial charge >= 0.3 is 0 Å². The van der Waals surface area contributed by atoms with Crippen molar-refractivity contribution < 1.29 is 23.5 Å². The lowest BCUT2D eigenvalue weighted by molar-refractivity contribution is -0.124. The Bertz CT molecular complexity index is 1420. The molecule has 37 heavy (non-hydrogen) atoms. The van der Waals surface area contributed by atoms with Crippen LogP contribution < -0.4 is 10.7 Å². The predicted octanol–water partition coefficient (Wildman–Crippen LogP) is 3.72. The van der Waals surface area contributed by atoms with Crippen LogP contribution in [0, 0.1) is 17.6 Å². The van der Waals surface area contributed by atoms with E-state index in [1.165, 1.54) is 29.1 Å². The molecule has 1 aliphatic heterocycles. The Morgan fingerprint density at radius 2 is 1.97 bits per heavy atom. The molecule has 3 heterocycles. The number of nitrogens with zero attached hydrogens (tertiary/aromatic N) is 3. The standard InChI is InChI=1S/C26H28F2N4O4S/c1-13(2)24(35)29-9-17-11-31(14(3)4)26(36)21-23(34)22(33)19(12-32(17)21)25-30-10-18(37-25)7-15-5-6-16(27)8-20(15)28/h5-6,8,10,12-14,17,34H,7,9,11H2,1-4H3,(H,29,35). The Hall–Kier alpha value is -3.60. The largest absolute Gasteiger partial charge is 0.503 e. The van der Waals surface area contributed by atoms with E-state index >= 15 is 0 Å². The van der Waals surface area contributed by atoms with Gasteiger partial charge in [-0.05, 0) is 25.5 Å². The number of benzene rings is 1. The number of rotatable bonds is 7. The number of nitrogens with one attached hydrogen (secondary N) is 1. The third kappa shape index (κ3) is 5.27. The highest BCUT2D eigenvalue weighted by molar-refractivity contribution is 7.15. The van der Waals surface area contributed by atoms with Crippen molar-refractivity contribution in [1.29, 1.82) is 0 Å². The number of aromatic hydroxyl groups is 1. The SMILES string of the molecule is CC(C)C(=O)NCC1CN(C(C)C)C(=O)c2c(O)c(=O)c(-c3ncc(Cc4ccc(F)cc4F)s3)cn21. The third-order valence-electron chi connectivity index (χ3n) is 6.30. The Morgan fingerprint density at radius 1 is 1.24 bits per heavy atom. The van der Waals surface area contributed by atoms with Crippen LogP contribution in [0.3, 0.4) is 0 Å². The van der Waals surface area contributed by atoms with Gasteiger partial charge in [-0.3, -0.25) is 14.4 Å². The van der Waals surface area contributed by atoms with E-state index in [1.807, 2.05) is 13.8 Å². The van der Waals surface area contributed by atoms with E-state index in [0.29, 0.717) is 4.88 Å². The molecule has 1 aliphatic rings. The van der Waals surface area contributed by atoms with E-state index in [-0.39, 0.29) is 59.2 Å². The van der Waals surface area contributed by atoms with Crippen LogP contribution in [0.1, 0.15) is 54.7 Å². The highest BCUT2D eigenvalue weighted by Gasteiger charge is 2.36. The number of thiazole rings is 1. The van der Waals surface area contributed by atoms with E-state index < -0.39 is 34.8 Å². The summed E-state index contributed by atoms with van der Waals surface area (Å²) in [6, 6.07) is 2.71. The van der Waals surface area contributed by atoms with E-state index in [2.05, 4.69) is 10.3 Å². The number of fused-ring (bicyclic) bond motifs is 1. The van der Waals surface area contributed by atoms with Crippen molar-refractivity contribution in [1.82, 2.24) is 19.8 Å². The molecule has 0 bridgehead atoms. The molecule has 0 saturated carbocycles. The maximum atomic E-state index is 14.1. The van der Waals surface area contributed by atoms with Gasteiger partial charge in [-0.25, -0.2) is 13.8 Å². The molecule has 0 saturated heterocycles. The summed E-state index contributed by atoms with van der Waals surface area (Å²) in [6.45, 7) is 7.68. The van der Waals surface area contributed by atoms with Gasteiger partial charge in [-0.15, -0.1) is 11.3 Å². The first-order valence-corrected chi connectivity index (χ1v) is 12.7. The Kier molecular flexibility index (Phi) is 7.44. The van der Waals surface area contributed by atoms with E-state index in [0.717, 1.165) is 17.4 Å². The van der Waals surface area contributed by atoms with Crippen molar-refractivity contribution in [3.63, 3.8) is 0 Å². The fraction of sp³-hybridized carbons (Fsp3) is 0.385. The van der Waals surface area contributed by atoms with Crippen molar-refractivity contribution >= 4 is 23.2 Å². The average Bonchev–Trinajstić information content (AvgIpc) is 3.30. The molecule has 8 nitrogen and oxygen atoms in total. The molecule has 2 N–H and O–H groups in total. The summed E-state index contributed by atoms with van der Waals surface area (Å²) >= 11 is 1.14. The molecule has 11 heteroatoms. The molecule has 0 spiro atoms. The molecule has 1 aromatic carbocycles. The highest BCUT2D eigenvalue weighted by atomic mass is 32.1. The minimum absolute atomic E-state index is 0.0862. The monoisotopic (exact) mass is 530 g/mol. The summed E-state index contributed by atoms with van der Waals surface area (Å²) in [5, 5.41) is 14.0. The summed E-state index contributed by atoms with van der Waals surface area (Å²) in [5.74, 6) is -2.90. The summed E-state index contributed by atoms with van der Waals surface area (Å²) in [4.78, 5) is 45.0. The van der Waals surface area contributed by atoms with Crippen LogP contribution in [0.2, 0.25) is 0 Å². The molecule has 3 aromatic rings. The lowest BCUT2D eigenvalue weighted by atomic mass is 10.1. The Balaban J connectivity index is 1.73. The van der Waals surface area contributed by atoms with Crippen LogP contribution >= 0.6 is 11.3 Å². The Morgan fingerprint density at radius 3 is 2.62 bits per heavy atom. The summed E-state index contributed by atoms with van der Waals surface area (Å²) < 4.78 is 28.9. The molecule has 1 atom stereocenters. The van der Waals surface area contributed by atoms with Gasteiger partial charge in [0.25, 0.3) is 5.91 Å². The Labute approximate surface area is 216 Å². The van der Waals surface area contributed by atoms with E-state index in [1.54, 1.807) is 18.7 Å². The predicted molar refractivity (Wildman–Crippen MR) is 136 cm³/mol. The number of hydrogen-bond acceptors (Lipinski definition) is 6. The van der Waals surface area contributed by atoms with Crippen LogP contribution in [0.25, 0.3) is 10.6 Å². The fourth-order valence-corrected chi connectivity index (χ4v) is 5.15. The molecule has 196 valence electrons. The molecule has 0 fully saturated rings. The molecule has 0 aliphatic carbocycles. The van der Waals surface area contributed by atoms with Crippen molar-refractivity contribution in [2.24, 2.45) is 5.92 Å². The average molecular weight is 531 g/mol. The maximum absolute atomic E-state index is 14.1. The lowest BCUT2D eigenvalue weighted by Crippen LogP contribution is -2.50. The maximum Gasteiger partial charge on any atom is 0.274 e. The van der Waals surface area contributed by atoms with Gasteiger partial charge in [0.15, 0.2) is 11.4 Å². The number of amides is 2. The van der Waals surface area contributed by atoms with Crippen molar-refractivity contribution in [2.75, 3.05) is 13.1 Å². The number of pyridine rings is 1. The molecular formula is C26H28F2N4O4S. The van der Waals surface area contributed by atoms with Gasteiger partial charge in [0.1, 0.15) is 16.6 Å².